The van der Waals surface area contributed by atoms with Crippen molar-refractivity contribution in [3.8, 4) is 0 Å². The van der Waals surface area contributed by atoms with Gasteiger partial charge in [0.15, 0.2) is 5.76 Å². The number of hydrogen-bond acceptors (Lipinski definition) is 6. The van der Waals surface area contributed by atoms with Gasteiger partial charge >= 0.3 is 0 Å². The number of amides is 1. The van der Waals surface area contributed by atoms with E-state index in [-0.39, 0.29) is 11.8 Å². The third kappa shape index (κ3) is 5.11. The second kappa shape index (κ2) is 9.56. The van der Waals surface area contributed by atoms with E-state index in [2.05, 4.69) is 22.3 Å². The van der Waals surface area contributed by atoms with Gasteiger partial charge in [0.25, 0.3) is 0 Å². The number of aryl methyl sites for hydroxylation is 1. The molecule has 1 aliphatic heterocycles. The number of carbonyl (C=O) groups excluding carboxylic acids is 1. The zero-order valence-electron chi connectivity index (χ0n) is 18.6. The van der Waals surface area contributed by atoms with Gasteiger partial charge in [-0.1, -0.05) is 30.3 Å². The van der Waals surface area contributed by atoms with Gasteiger partial charge in [0, 0.05) is 32.1 Å². The van der Waals surface area contributed by atoms with Gasteiger partial charge in [-0.25, -0.2) is 8.42 Å². The number of aromatic nitrogens is 1. The molecule has 1 saturated heterocycles. The number of nitrogens with one attached hydrogen (secondary N) is 1. The van der Waals surface area contributed by atoms with Crippen LogP contribution in [-0.4, -0.2) is 61.4 Å². The van der Waals surface area contributed by atoms with Crippen molar-refractivity contribution in [1.82, 2.24) is 14.4 Å². The summed E-state index contributed by atoms with van der Waals surface area (Å²) in [6.45, 7) is 7.49. The number of sulfonamides is 1. The van der Waals surface area contributed by atoms with Gasteiger partial charge < -0.3 is 14.7 Å². The molecule has 0 unspecified atom stereocenters. The molecular formula is C23H30N4O4S. The molecule has 9 heteroatoms. The molecule has 0 radical (unpaired) electrons. The smallest absolute Gasteiger partial charge is 0.243 e. The summed E-state index contributed by atoms with van der Waals surface area (Å²) in [4.78, 5) is 14.7. The van der Waals surface area contributed by atoms with Crippen LogP contribution in [0.15, 0.2) is 33.7 Å². The molecule has 172 valence electrons. The van der Waals surface area contributed by atoms with Crippen LogP contribution in [-0.2, 0) is 14.8 Å². The highest BCUT2D eigenvalue weighted by atomic mass is 32.2. The van der Waals surface area contributed by atoms with E-state index < -0.39 is 10.0 Å². The van der Waals surface area contributed by atoms with Crippen LogP contribution in [0.3, 0.4) is 0 Å². The standard InChI is InChI=1S/C23H30N4O4S/c1-3-12-26-13-15-27(16-14-26)32(29,30)20-9-4-18(5-10-20)6-11-21-22(17(2)25-31-21)24-23(28)19-7-8-19/h4-6,9-11,19H,3,7-8,12-16H2,1-2H3,(H,24,28). The molecule has 8 nitrogen and oxygen atoms in total. The number of piperazine rings is 1. The van der Waals surface area contributed by atoms with E-state index in [4.69, 9.17) is 4.52 Å². The minimum Gasteiger partial charge on any atom is -0.354 e. The van der Waals surface area contributed by atoms with Crippen LogP contribution in [0.5, 0.6) is 0 Å². The summed E-state index contributed by atoms with van der Waals surface area (Å²) < 4.78 is 32.9. The Morgan fingerprint density at radius 1 is 1.16 bits per heavy atom. The Morgan fingerprint density at radius 3 is 2.47 bits per heavy atom. The van der Waals surface area contributed by atoms with Crippen LogP contribution in [0.4, 0.5) is 5.69 Å². The van der Waals surface area contributed by atoms with Gasteiger partial charge in [-0.3, -0.25) is 4.79 Å². The minimum atomic E-state index is -3.50. The van der Waals surface area contributed by atoms with Crippen LogP contribution >= 0.6 is 0 Å². The van der Waals surface area contributed by atoms with E-state index in [1.54, 1.807) is 41.6 Å². The first kappa shape index (κ1) is 22.7. The summed E-state index contributed by atoms with van der Waals surface area (Å²) in [6, 6.07) is 6.80. The van der Waals surface area contributed by atoms with E-state index in [9.17, 15) is 13.2 Å². The lowest BCUT2D eigenvalue weighted by atomic mass is 10.2. The number of benzene rings is 1. The molecular weight excluding hydrogens is 428 g/mol. The van der Waals surface area contributed by atoms with Gasteiger partial charge in [-0.15, -0.1) is 0 Å². The molecule has 1 saturated carbocycles. The van der Waals surface area contributed by atoms with Gasteiger partial charge in [-0.05, 0) is 56.5 Å². The predicted octanol–water partition coefficient (Wildman–Crippen LogP) is 3.22. The quantitative estimate of drug-likeness (QED) is 0.653. The molecule has 32 heavy (non-hydrogen) atoms. The summed E-state index contributed by atoms with van der Waals surface area (Å²) >= 11 is 0. The molecule has 0 spiro atoms. The molecule has 1 amide bonds. The fourth-order valence-electron chi connectivity index (χ4n) is 3.81. The molecule has 1 aliphatic carbocycles. The van der Waals surface area contributed by atoms with Crippen molar-refractivity contribution in [2.24, 2.45) is 5.92 Å². The Bertz CT molecular complexity index is 1080. The third-order valence-corrected chi connectivity index (χ3v) is 7.81. The fraction of sp³-hybridized carbons (Fsp3) is 0.478. The number of anilines is 1. The maximum atomic E-state index is 13.0. The van der Waals surface area contributed by atoms with E-state index in [1.807, 2.05) is 6.08 Å². The van der Waals surface area contributed by atoms with Crippen LogP contribution in [0.25, 0.3) is 12.2 Å². The number of hydrogen-bond donors (Lipinski definition) is 1. The fourth-order valence-corrected chi connectivity index (χ4v) is 5.23. The van der Waals surface area contributed by atoms with Crippen molar-refractivity contribution in [1.29, 1.82) is 0 Å². The molecule has 2 heterocycles. The molecule has 1 aromatic carbocycles. The summed E-state index contributed by atoms with van der Waals surface area (Å²) in [5, 5.41) is 6.85. The van der Waals surface area contributed by atoms with Gasteiger partial charge in [0.2, 0.25) is 15.9 Å². The average molecular weight is 459 g/mol. The summed E-state index contributed by atoms with van der Waals surface area (Å²) in [5.41, 5.74) is 2.03. The maximum absolute atomic E-state index is 13.0. The normalized spacial score (nSPS) is 18.3. The Morgan fingerprint density at radius 2 is 1.84 bits per heavy atom. The molecule has 0 atom stereocenters. The first-order chi connectivity index (χ1) is 15.4. The van der Waals surface area contributed by atoms with E-state index in [0.29, 0.717) is 35.1 Å². The Kier molecular flexibility index (Phi) is 6.78. The van der Waals surface area contributed by atoms with E-state index in [1.165, 1.54) is 0 Å². The second-order valence-corrected chi connectivity index (χ2v) is 10.4. The summed E-state index contributed by atoms with van der Waals surface area (Å²) in [5.74, 6) is 0.555. The topological polar surface area (TPSA) is 95.8 Å². The summed E-state index contributed by atoms with van der Waals surface area (Å²) in [7, 11) is -3.50. The predicted molar refractivity (Wildman–Crippen MR) is 123 cm³/mol. The number of carbonyl (C=O) groups is 1. The van der Waals surface area contributed by atoms with Crippen molar-refractivity contribution in [3.05, 3.63) is 41.3 Å². The molecule has 0 bridgehead atoms. The summed E-state index contributed by atoms with van der Waals surface area (Å²) in [6.07, 6.45) is 6.46. The third-order valence-electron chi connectivity index (χ3n) is 5.90. The van der Waals surface area contributed by atoms with Gasteiger partial charge in [-0.2, -0.15) is 4.31 Å². The van der Waals surface area contributed by atoms with Crippen molar-refractivity contribution in [2.45, 2.75) is 38.0 Å². The van der Waals surface area contributed by atoms with Crippen molar-refractivity contribution >= 4 is 33.8 Å². The highest BCUT2D eigenvalue weighted by Crippen LogP contribution is 2.32. The Balaban J connectivity index is 1.42. The zero-order chi connectivity index (χ0) is 22.7. The highest BCUT2D eigenvalue weighted by Gasteiger charge is 2.31. The average Bonchev–Trinajstić information content (AvgIpc) is 3.59. The van der Waals surface area contributed by atoms with Gasteiger partial charge in [0.05, 0.1) is 4.90 Å². The maximum Gasteiger partial charge on any atom is 0.243 e. The van der Waals surface area contributed by atoms with Crippen molar-refractivity contribution in [2.75, 3.05) is 38.0 Å². The van der Waals surface area contributed by atoms with Gasteiger partial charge in [0.1, 0.15) is 11.4 Å². The van der Waals surface area contributed by atoms with Crippen LogP contribution in [0.2, 0.25) is 0 Å². The highest BCUT2D eigenvalue weighted by molar-refractivity contribution is 7.89. The van der Waals surface area contributed by atoms with Crippen molar-refractivity contribution in [3.63, 3.8) is 0 Å². The SMILES string of the molecule is CCCN1CCN(S(=O)(=O)c2ccc(C=Cc3onc(C)c3NC(=O)C3CC3)cc2)CC1. The second-order valence-electron chi connectivity index (χ2n) is 8.42. The van der Waals surface area contributed by atoms with Crippen LogP contribution in [0.1, 0.15) is 43.2 Å². The molecule has 2 aromatic rings. The van der Waals surface area contributed by atoms with E-state index in [0.717, 1.165) is 44.5 Å². The van der Waals surface area contributed by atoms with Crippen LogP contribution in [0, 0.1) is 12.8 Å². The lowest BCUT2D eigenvalue weighted by Gasteiger charge is -2.33. The number of rotatable bonds is 8. The lowest BCUT2D eigenvalue weighted by Crippen LogP contribution is -2.48. The molecule has 2 fully saturated rings. The molecule has 4 rings (SSSR count). The van der Waals surface area contributed by atoms with Crippen LogP contribution < -0.4 is 5.32 Å². The molecule has 1 N–H and O–H groups in total. The molecule has 2 aliphatic rings. The minimum absolute atomic E-state index is 0.00367. The lowest BCUT2D eigenvalue weighted by molar-refractivity contribution is -0.117. The zero-order valence-corrected chi connectivity index (χ0v) is 19.4. The Labute approximate surface area is 189 Å². The first-order valence-electron chi connectivity index (χ1n) is 11.2. The van der Waals surface area contributed by atoms with E-state index >= 15 is 0 Å². The first-order valence-corrected chi connectivity index (χ1v) is 12.6. The molecule has 1 aromatic heterocycles. The largest absolute Gasteiger partial charge is 0.354 e. The number of nitrogens with zero attached hydrogens (tertiary/aromatic N) is 3. The van der Waals surface area contributed by atoms with Crippen molar-refractivity contribution < 1.29 is 17.7 Å². The monoisotopic (exact) mass is 458 g/mol. The Hall–Kier alpha value is -2.49.